The van der Waals surface area contributed by atoms with Gasteiger partial charge in [0.1, 0.15) is 12.2 Å². The molecule has 2 atom stereocenters. The third kappa shape index (κ3) is 3.66. The molecule has 1 heterocycles. The van der Waals surface area contributed by atoms with E-state index in [9.17, 15) is 9.59 Å². The van der Waals surface area contributed by atoms with E-state index in [0.717, 1.165) is 5.69 Å². The minimum Gasteiger partial charge on any atom is -0.469 e. The second-order valence-electron chi connectivity index (χ2n) is 4.05. The molecule has 0 aromatic carbocycles. The topological polar surface area (TPSA) is 56.3 Å². The summed E-state index contributed by atoms with van der Waals surface area (Å²) >= 11 is 0. The van der Waals surface area contributed by atoms with Crippen LogP contribution in [-0.2, 0) is 14.3 Å². The van der Waals surface area contributed by atoms with Gasteiger partial charge in [-0.1, -0.05) is 19.9 Å². The number of carbonyl (C=O) groups is 2. The zero-order valence-electron chi connectivity index (χ0n) is 10.3. The number of hydrogen-bond acceptors (Lipinski definition) is 4. The maximum absolute atomic E-state index is 11.8. The molecule has 0 aliphatic heterocycles. The van der Waals surface area contributed by atoms with E-state index in [0.29, 0.717) is 0 Å². The Kier molecular flexibility index (Phi) is 4.82. The fourth-order valence-electron chi connectivity index (χ4n) is 1.56. The molecular weight excluding hydrogens is 218 g/mol. The molecule has 2 unspecified atom stereocenters. The summed E-state index contributed by atoms with van der Waals surface area (Å²) < 4.78 is 4.48. The number of carbonyl (C=O) groups excluding carboxylic acids is 2. The third-order valence-electron chi connectivity index (χ3n) is 2.96. The number of Topliss-reactive ketones (excluding diaryl/α,β-unsaturated/α-hetero) is 1. The maximum atomic E-state index is 11.8. The summed E-state index contributed by atoms with van der Waals surface area (Å²) in [5.74, 6) is -0.859. The molecule has 0 amide bonds. The van der Waals surface area contributed by atoms with Crippen molar-refractivity contribution < 1.29 is 14.3 Å². The van der Waals surface area contributed by atoms with Crippen LogP contribution < -0.4 is 0 Å². The van der Waals surface area contributed by atoms with Gasteiger partial charge in [-0.05, 0) is 12.1 Å². The smallest absolute Gasteiger partial charge is 0.313 e. The van der Waals surface area contributed by atoms with Crippen molar-refractivity contribution in [2.45, 2.75) is 26.2 Å². The molecule has 0 radical (unpaired) electrons. The minimum absolute atomic E-state index is 0.00615. The van der Waals surface area contributed by atoms with Crippen LogP contribution >= 0.6 is 0 Å². The number of rotatable bonds is 5. The van der Waals surface area contributed by atoms with E-state index in [1.54, 1.807) is 6.20 Å². The Morgan fingerprint density at radius 1 is 1.35 bits per heavy atom. The van der Waals surface area contributed by atoms with Gasteiger partial charge in [0.2, 0.25) is 0 Å². The predicted octanol–water partition coefficient (Wildman–Crippen LogP) is 1.95. The Balaban J connectivity index is 2.67. The predicted molar refractivity (Wildman–Crippen MR) is 63.5 cm³/mol. The van der Waals surface area contributed by atoms with Gasteiger partial charge in [-0.15, -0.1) is 0 Å². The second-order valence-corrected chi connectivity index (χ2v) is 4.05. The van der Waals surface area contributed by atoms with Crippen LogP contribution in [0.5, 0.6) is 0 Å². The first-order chi connectivity index (χ1) is 8.06. The van der Waals surface area contributed by atoms with Crippen molar-refractivity contribution in [3.8, 4) is 0 Å². The van der Waals surface area contributed by atoms with Crippen molar-refractivity contribution in [2.75, 3.05) is 7.11 Å². The SMILES string of the molecule is COC(=O)CC(=O)C(C)C(C)c1ccccn1. The molecule has 0 saturated carbocycles. The van der Waals surface area contributed by atoms with Crippen LogP contribution in [0.25, 0.3) is 0 Å². The highest BCUT2D eigenvalue weighted by molar-refractivity contribution is 5.96. The molecule has 4 nitrogen and oxygen atoms in total. The monoisotopic (exact) mass is 235 g/mol. The normalized spacial score (nSPS) is 13.8. The van der Waals surface area contributed by atoms with Crippen molar-refractivity contribution >= 4 is 11.8 Å². The van der Waals surface area contributed by atoms with E-state index in [4.69, 9.17) is 0 Å². The number of hydrogen-bond donors (Lipinski definition) is 0. The lowest BCUT2D eigenvalue weighted by Gasteiger charge is -2.17. The Bertz CT molecular complexity index is 389. The maximum Gasteiger partial charge on any atom is 0.313 e. The highest BCUT2D eigenvalue weighted by Gasteiger charge is 2.24. The molecule has 0 aliphatic carbocycles. The van der Waals surface area contributed by atoms with Crippen molar-refractivity contribution in [3.05, 3.63) is 30.1 Å². The summed E-state index contributed by atoms with van der Waals surface area (Å²) in [6.45, 7) is 3.74. The average molecular weight is 235 g/mol. The summed E-state index contributed by atoms with van der Waals surface area (Å²) in [5, 5.41) is 0. The van der Waals surface area contributed by atoms with Gasteiger partial charge in [-0.25, -0.2) is 0 Å². The molecule has 0 aliphatic rings. The molecule has 0 spiro atoms. The van der Waals surface area contributed by atoms with E-state index in [1.807, 2.05) is 32.0 Å². The lowest BCUT2D eigenvalue weighted by molar-refractivity contribution is -0.144. The molecular formula is C13H17NO3. The van der Waals surface area contributed by atoms with E-state index in [1.165, 1.54) is 7.11 Å². The molecule has 0 bridgehead atoms. The third-order valence-corrected chi connectivity index (χ3v) is 2.96. The standard InChI is InChI=1S/C13H17NO3/c1-9(11-6-4-5-7-14-11)10(2)12(15)8-13(16)17-3/h4-7,9-10H,8H2,1-3H3. The van der Waals surface area contributed by atoms with Crippen LogP contribution in [-0.4, -0.2) is 23.8 Å². The van der Waals surface area contributed by atoms with Gasteiger partial charge in [0.25, 0.3) is 0 Å². The van der Waals surface area contributed by atoms with Gasteiger partial charge in [-0.3, -0.25) is 14.6 Å². The number of esters is 1. The first-order valence-corrected chi connectivity index (χ1v) is 5.56. The zero-order chi connectivity index (χ0) is 12.8. The molecule has 1 aromatic rings. The highest BCUT2D eigenvalue weighted by atomic mass is 16.5. The van der Waals surface area contributed by atoms with Crippen LogP contribution in [0.2, 0.25) is 0 Å². The molecule has 1 aromatic heterocycles. The van der Waals surface area contributed by atoms with Crippen LogP contribution in [0.4, 0.5) is 0 Å². The fraction of sp³-hybridized carbons (Fsp3) is 0.462. The van der Waals surface area contributed by atoms with E-state index >= 15 is 0 Å². The van der Waals surface area contributed by atoms with Gasteiger partial charge >= 0.3 is 5.97 Å². The van der Waals surface area contributed by atoms with Crippen molar-refractivity contribution in [1.82, 2.24) is 4.98 Å². The van der Waals surface area contributed by atoms with Crippen molar-refractivity contribution in [1.29, 1.82) is 0 Å². The Hall–Kier alpha value is -1.71. The van der Waals surface area contributed by atoms with Crippen LogP contribution in [0.3, 0.4) is 0 Å². The zero-order valence-corrected chi connectivity index (χ0v) is 10.3. The lowest BCUT2D eigenvalue weighted by atomic mass is 9.88. The van der Waals surface area contributed by atoms with Gasteiger partial charge < -0.3 is 4.74 Å². The number of ether oxygens (including phenoxy) is 1. The number of nitrogens with zero attached hydrogens (tertiary/aromatic N) is 1. The lowest BCUT2D eigenvalue weighted by Crippen LogP contribution is -2.21. The van der Waals surface area contributed by atoms with Crippen LogP contribution in [0, 0.1) is 5.92 Å². The summed E-state index contributed by atoms with van der Waals surface area (Å²) in [6, 6.07) is 5.60. The molecule has 4 heteroatoms. The summed E-state index contributed by atoms with van der Waals surface area (Å²) in [4.78, 5) is 27.0. The molecule has 0 N–H and O–H groups in total. The average Bonchev–Trinajstić information content (AvgIpc) is 2.37. The Morgan fingerprint density at radius 3 is 2.59 bits per heavy atom. The molecule has 0 saturated heterocycles. The van der Waals surface area contributed by atoms with Gasteiger partial charge in [-0.2, -0.15) is 0 Å². The molecule has 92 valence electrons. The van der Waals surface area contributed by atoms with E-state index in [-0.39, 0.29) is 24.0 Å². The summed E-state index contributed by atoms with van der Waals surface area (Å²) in [6.07, 6.45) is 1.53. The second kappa shape index (κ2) is 6.13. The largest absolute Gasteiger partial charge is 0.469 e. The van der Waals surface area contributed by atoms with Crippen molar-refractivity contribution in [2.24, 2.45) is 5.92 Å². The first kappa shape index (κ1) is 13.4. The summed E-state index contributed by atoms with van der Waals surface area (Å²) in [5.41, 5.74) is 0.859. The fourth-order valence-corrected chi connectivity index (χ4v) is 1.56. The molecule has 1 rings (SSSR count). The van der Waals surface area contributed by atoms with Crippen LogP contribution in [0.1, 0.15) is 31.9 Å². The number of aromatic nitrogens is 1. The highest BCUT2D eigenvalue weighted by Crippen LogP contribution is 2.23. The Morgan fingerprint density at radius 2 is 2.06 bits per heavy atom. The number of ketones is 1. The van der Waals surface area contributed by atoms with E-state index < -0.39 is 5.97 Å². The van der Waals surface area contributed by atoms with E-state index in [2.05, 4.69) is 9.72 Å². The van der Waals surface area contributed by atoms with Gasteiger partial charge in [0.05, 0.1) is 7.11 Å². The molecule has 0 fully saturated rings. The van der Waals surface area contributed by atoms with Crippen molar-refractivity contribution in [3.63, 3.8) is 0 Å². The summed E-state index contributed by atoms with van der Waals surface area (Å²) in [7, 11) is 1.28. The minimum atomic E-state index is -0.491. The molecule has 17 heavy (non-hydrogen) atoms. The van der Waals surface area contributed by atoms with Gasteiger partial charge in [0.15, 0.2) is 0 Å². The van der Waals surface area contributed by atoms with Gasteiger partial charge in [0, 0.05) is 23.7 Å². The number of methoxy groups -OCH3 is 1. The quantitative estimate of drug-likeness (QED) is 0.578. The number of pyridine rings is 1. The Labute approximate surface area is 101 Å². The first-order valence-electron chi connectivity index (χ1n) is 5.56. The van der Waals surface area contributed by atoms with Crippen LogP contribution in [0.15, 0.2) is 24.4 Å².